The van der Waals surface area contributed by atoms with Gasteiger partial charge in [0.1, 0.15) is 5.60 Å². The molecule has 0 aliphatic carbocycles. The summed E-state index contributed by atoms with van der Waals surface area (Å²) in [5, 5.41) is 4.06. The van der Waals surface area contributed by atoms with E-state index >= 15 is 0 Å². The molecule has 0 N–H and O–H groups in total. The lowest BCUT2D eigenvalue weighted by atomic mass is 10.1. The highest BCUT2D eigenvalue weighted by Gasteiger charge is 2.28. The summed E-state index contributed by atoms with van der Waals surface area (Å²) < 4.78 is 46.3. The Morgan fingerprint density at radius 3 is 2.56 bits per heavy atom. The third-order valence-electron chi connectivity index (χ3n) is 3.47. The van der Waals surface area contributed by atoms with Crippen molar-refractivity contribution in [3.8, 4) is 0 Å². The number of ketones is 1. The van der Waals surface area contributed by atoms with Crippen LogP contribution in [0.4, 0.5) is 13.2 Å². The molecule has 0 aromatic carbocycles. The van der Waals surface area contributed by atoms with E-state index in [0.717, 1.165) is 0 Å². The van der Waals surface area contributed by atoms with Crippen LogP contribution in [0.1, 0.15) is 49.5 Å². The minimum atomic E-state index is -4.70. The molecule has 0 aliphatic rings. The lowest BCUT2D eigenvalue weighted by Gasteiger charge is -2.19. The van der Waals surface area contributed by atoms with Gasteiger partial charge in [0.15, 0.2) is 5.78 Å². The zero-order chi connectivity index (χ0) is 20.2. The van der Waals surface area contributed by atoms with Gasteiger partial charge in [-0.05, 0) is 44.9 Å². The first kappa shape index (κ1) is 20.9. The highest BCUT2D eigenvalue weighted by atomic mass is 19.4. The zero-order valence-corrected chi connectivity index (χ0v) is 15.3. The van der Waals surface area contributed by atoms with Crippen molar-refractivity contribution in [2.45, 2.75) is 52.0 Å². The minimum absolute atomic E-state index is 0.0337. The van der Waals surface area contributed by atoms with E-state index < -0.39 is 24.5 Å². The number of ether oxygens (including phenoxy) is 2. The predicted octanol–water partition coefficient (Wildman–Crippen LogP) is 3.72. The van der Waals surface area contributed by atoms with Gasteiger partial charge in [0.2, 0.25) is 0 Å². The molecule has 0 atom stereocenters. The normalized spacial score (nSPS) is 12.4. The quantitative estimate of drug-likeness (QED) is 0.412. The van der Waals surface area contributed by atoms with Crippen molar-refractivity contribution >= 4 is 17.3 Å². The second-order valence-electron chi connectivity index (χ2n) is 7.01. The number of halogens is 3. The number of esters is 1. The van der Waals surface area contributed by atoms with Gasteiger partial charge in [-0.25, -0.2) is 4.52 Å². The Morgan fingerprint density at radius 1 is 1.22 bits per heavy atom. The fraction of sp³-hybridized carbons (Fsp3) is 0.500. The molecule has 0 fully saturated rings. The summed E-state index contributed by atoms with van der Waals surface area (Å²) in [5.74, 6) is -0.742. The minimum Gasteiger partial charge on any atom is -0.460 e. The van der Waals surface area contributed by atoms with E-state index in [0.29, 0.717) is 11.1 Å². The number of Topliss-reactive ketones (excluding diaryl/α,β-unsaturated/α-hetero) is 1. The number of hydrogen-bond acceptors (Lipinski definition) is 5. The van der Waals surface area contributed by atoms with E-state index in [-0.39, 0.29) is 30.6 Å². The third-order valence-corrected chi connectivity index (χ3v) is 3.47. The number of fused-ring (bicyclic) bond motifs is 1. The van der Waals surface area contributed by atoms with Gasteiger partial charge < -0.3 is 4.74 Å². The van der Waals surface area contributed by atoms with Gasteiger partial charge in [0, 0.05) is 12.6 Å². The van der Waals surface area contributed by atoms with Gasteiger partial charge in [-0.1, -0.05) is 0 Å². The van der Waals surface area contributed by atoms with Crippen LogP contribution in [0.25, 0.3) is 5.52 Å². The van der Waals surface area contributed by atoms with Crippen molar-refractivity contribution in [1.82, 2.24) is 9.61 Å². The number of nitrogens with zero attached hydrogens (tertiary/aromatic N) is 2. The molecule has 0 bridgehead atoms. The van der Waals surface area contributed by atoms with Crippen molar-refractivity contribution in [1.29, 1.82) is 0 Å². The Morgan fingerprint density at radius 2 is 1.93 bits per heavy atom. The highest BCUT2D eigenvalue weighted by molar-refractivity contribution is 6.02. The molecule has 2 aromatic rings. The molecule has 0 saturated carbocycles. The van der Waals surface area contributed by atoms with Crippen LogP contribution in [0.3, 0.4) is 0 Å². The lowest BCUT2D eigenvalue weighted by molar-refractivity contribution is -0.324. The fourth-order valence-electron chi connectivity index (χ4n) is 2.45. The molecular weight excluding hydrogens is 365 g/mol. The molecular formula is C18H21F3N2O4. The van der Waals surface area contributed by atoms with E-state index in [1.54, 1.807) is 39.1 Å². The van der Waals surface area contributed by atoms with Crippen LogP contribution in [0.2, 0.25) is 0 Å². The molecule has 0 spiro atoms. The molecule has 0 amide bonds. The van der Waals surface area contributed by atoms with Crippen LogP contribution < -0.4 is 0 Å². The summed E-state index contributed by atoms with van der Waals surface area (Å²) in [6, 6.07) is 3.34. The van der Waals surface area contributed by atoms with E-state index in [2.05, 4.69) is 9.84 Å². The first-order valence-corrected chi connectivity index (χ1v) is 8.36. The Balaban J connectivity index is 2.05. The average molecular weight is 386 g/mol. The number of pyridine rings is 1. The molecule has 0 saturated heterocycles. The fourth-order valence-corrected chi connectivity index (χ4v) is 2.45. The summed E-state index contributed by atoms with van der Waals surface area (Å²) in [4.78, 5) is 24.2. The predicted molar refractivity (Wildman–Crippen MR) is 90.3 cm³/mol. The molecule has 6 nitrogen and oxygen atoms in total. The number of aromatic nitrogens is 2. The largest absolute Gasteiger partial charge is 0.522 e. The molecule has 2 heterocycles. The van der Waals surface area contributed by atoms with Gasteiger partial charge in [-0.2, -0.15) is 5.10 Å². The van der Waals surface area contributed by atoms with Crippen LogP contribution in [-0.2, 0) is 20.7 Å². The molecule has 27 heavy (non-hydrogen) atoms. The average Bonchev–Trinajstić information content (AvgIpc) is 2.91. The summed E-state index contributed by atoms with van der Waals surface area (Å²) >= 11 is 0. The van der Waals surface area contributed by atoms with E-state index in [4.69, 9.17) is 4.74 Å². The van der Waals surface area contributed by atoms with Crippen molar-refractivity contribution in [3.63, 3.8) is 0 Å². The maximum atomic E-state index is 12.3. The SMILES string of the molecule is CC(C)(C)OC(=O)Cc1ccn2ncc(C(=O)CCCOC(F)(F)F)c2c1. The molecule has 2 aromatic heterocycles. The standard InChI is InChI=1S/C18H21F3N2O4/c1-17(2,3)27-16(25)10-12-6-7-23-14(9-12)13(11-22-23)15(24)5-4-8-26-18(19,20)21/h6-7,9,11H,4-5,8,10H2,1-3H3. The monoisotopic (exact) mass is 386 g/mol. The van der Waals surface area contributed by atoms with Gasteiger partial charge in [-0.3, -0.25) is 14.3 Å². The molecule has 0 radical (unpaired) electrons. The second-order valence-corrected chi connectivity index (χ2v) is 7.01. The van der Waals surface area contributed by atoms with Crippen LogP contribution in [-0.4, -0.2) is 39.9 Å². The topological polar surface area (TPSA) is 69.9 Å². The smallest absolute Gasteiger partial charge is 0.460 e. The zero-order valence-electron chi connectivity index (χ0n) is 15.3. The summed E-state index contributed by atoms with van der Waals surface area (Å²) in [6.07, 6.45) is -1.87. The van der Waals surface area contributed by atoms with Crippen LogP contribution in [0, 0.1) is 0 Å². The van der Waals surface area contributed by atoms with Crippen LogP contribution >= 0.6 is 0 Å². The van der Waals surface area contributed by atoms with E-state index in [1.807, 2.05) is 0 Å². The Labute approximate surface area is 154 Å². The maximum Gasteiger partial charge on any atom is 0.522 e. The maximum absolute atomic E-state index is 12.3. The lowest BCUT2D eigenvalue weighted by Crippen LogP contribution is -2.24. The summed E-state index contributed by atoms with van der Waals surface area (Å²) in [7, 11) is 0. The number of alkyl halides is 3. The molecule has 2 rings (SSSR count). The first-order chi connectivity index (χ1) is 12.4. The van der Waals surface area contributed by atoms with Gasteiger partial charge in [0.25, 0.3) is 0 Å². The summed E-state index contributed by atoms with van der Waals surface area (Å²) in [6.45, 7) is 4.72. The van der Waals surface area contributed by atoms with Crippen molar-refractivity contribution in [2.75, 3.05) is 6.61 Å². The number of rotatable bonds is 7. The summed E-state index contributed by atoms with van der Waals surface area (Å²) in [5.41, 5.74) is 0.815. The van der Waals surface area contributed by atoms with E-state index in [9.17, 15) is 22.8 Å². The molecule has 0 unspecified atom stereocenters. The number of carbonyl (C=O) groups excluding carboxylic acids is 2. The Bertz CT molecular complexity index is 822. The molecule has 148 valence electrons. The first-order valence-electron chi connectivity index (χ1n) is 8.36. The van der Waals surface area contributed by atoms with Gasteiger partial charge >= 0.3 is 12.3 Å². The van der Waals surface area contributed by atoms with Crippen molar-refractivity contribution in [3.05, 3.63) is 35.7 Å². The third kappa shape index (κ3) is 6.67. The van der Waals surface area contributed by atoms with E-state index in [1.165, 1.54) is 10.7 Å². The number of carbonyl (C=O) groups is 2. The molecule has 9 heteroatoms. The molecule has 0 aliphatic heterocycles. The van der Waals surface area contributed by atoms with Crippen molar-refractivity contribution < 1.29 is 32.2 Å². The second kappa shape index (κ2) is 8.08. The number of hydrogen-bond donors (Lipinski definition) is 0. The van der Waals surface area contributed by atoms with Gasteiger partial charge in [-0.15, -0.1) is 13.2 Å². The van der Waals surface area contributed by atoms with Crippen molar-refractivity contribution in [2.24, 2.45) is 0 Å². The highest BCUT2D eigenvalue weighted by Crippen LogP contribution is 2.19. The van der Waals surface area contributed by atoms with Crippen LogP contribution in [0.15, 0.2) is 24.5 Å². The van der Waals surface area contributed by atoms with Gasteiger partial charge in [0.05, 0.1) is 30.3 Å². The Kier molecular flexibility index (Phi) is 6.25. The Hall–Kier alpha value is -2.42. The van der Waals surface area contributed by atoms with Crippen LogP contribution in [0.5, 0.6) is 0 Å².